The molecule has 0 N–H and O–H groups in total. The van der Waals surface area contributed by atoms with Crippen molar-refractivity contribution in [3.63, 3.8) is 0 Å². The van der Waals surface area contributed by atoms with Gasteiger partial charge < -0.3 is 18.6 Å². The van der Waals surface area contributed by atoms with Gasteiger partial charge in [0.25, 0.3) is 0 Å². The van der Waals surface area contributed by atoms with Crippen LogP contribution in [0.3, 0.4) is 0 Å². The summed E-state index contributed by atoms with van der Waals surface area (Å²) in [5, 5.41) is 2.19. The summed E-state index contributed by atoms with van der Waals surface area (Å²) in [6.45, 7) is -0.0142. The van der Waals surface area contributed by atoms with Crippen LogP contribution in [0.4, 0.5) is 0 Å². The van der Waals surface area contributed by atoms with Crippen LogP contribution in [-0.2, 0) is 11.3 Å². The third-order valence-corrected chi connectivity index (χ3v) is 4.44. The van der Waals surface area contributed by atoms with Crippen molar-refractivity contribution in [3.05, 3.63) is 52.2 Å². The Bertz CT molecular complexity index is 875. The average Bonchev–Trinajstić information content (AvgIpc) is 3.29. The number of rotatable bonds is 6. The van der Waals surface area contributed by atoms with E-state index in [-0.39, 0.29) is 17.2 Å². The van der Waals surface area contributed by atoms with Crippen molar-refractivity contribution in [1.82, 2.24) is 4.98 Å². The topological polar surface area (TPSA) is 70.8 Å². The fourth-order valence-electron chi connectivity index (χ4n) is 2.15. The van der Waals surface area contributed by atoms with Crippen molar-refractivity contribution in [2.45, 2.75) is 6.61 Å². The van der Waals surface area contributed by atoms with Gasteiger partial charge in [-0.1, -0.05) is 17.7 Å². The van der Waals surface area contributed by atoms with E-state index in [4.69, 9.17) is 30.2 Å². The summed E-state index contributed by atoms with van der Waals surface area (Å²) < 4.78 is 21.0. The summed E-state index contributed by atoms with van der Waals surface area (Å²) in [6.07, 6.45) is 1.46. The molecule has 0 spiro atoms. The van der Waals surface area contributed by atoms with Crippen molar-refractivity contribution < 1.29 is 23.4 Å². The number of ether oxygens (including phenoxy) is 3. The molecular weight excluding hydrogens is 366 g/mol. The number of carbonyl (C=O) groups excluding carboxylic acids is 1. The zero-order chi connectivity index (χ0) is 17.8. The Morgan fingerprint density at radius 3 is 2.84 bits per heavy atom. The first-order valence-electron chi connectivity index (χ1n) is 7.19. The monoisotopic (exact) mass is 379 g/mol. The third kappa shape index (κ3) is 3.78. The Hall–Kier alpha value is -2.51. The highest BCUT2D eigenvalue weighted by Crippen LogP contribution is 2.36. The van der Waals surface area contributed by atoms with Crippen molar-refractivity contribution in [2.24, 2.45) is 0 Å². The molecule has 0 unspecified atom stereocenters. The van der Waals surface area contributed by atoms with E-state index < -0.39 is 5.97 Å². The standard InChI is InChI=1S/C17H14ClNO5S/c1-21-13-7-10(6-12(18)15(13)22-2)17(20)24-9-11-8-23-16(19-11)14-4-3-5-25-14/h3-8H,9H2,1-2H3. The number of oxazole rings is 1. The van der Waals surface area contributed by atoms with Crippen molar-refractivity contribution in [3.8, 4) is 22.3 Å². The lowest BCUT2D eigenvalue weighted by Gasteiger charge is -2.11. The zero-order valence-electron chi connectivity index (χ0n) is 13.4. The number of benzene rings is 1. The molecule has 3 rings (SSSR count). The van der Waals surface area contributed by atoms with Gasteiger partial charge in [-0.2, -0.15) is 0 Å². The van der Waals surface area contributed by atoms with E-state index in [9.17, 15) is 4.79 Å². The van der Waals surface area contributed by atoms with E-state index in [2.05, 4.69) is 4.98 Å². The van der Waals surface area contributed by atoms with E-state index in [0.29, 0.717) is 23.1 Å². The van der Waals surface area contributed by atoms with Gasteiger partial charge in [-0.15, -0.1) is 11.3 Å². The van der Waals surface area contributed by atoms with E-state index in [0.717, 1.165) is 4.88 Å². The number of aromatic nitrogens is 1. The van der Waals surface area contributed by atoms with Gasteiger partial charge in [0.05, 0.1) is 29.7 Å². The minimum atomic E-state index is -0.552. The molecule has 0 saturated carbocycles. The Balaban J connectivity index is 1.70. The Morgan fingerprint density at radius 2 is 2.16 bits per heavy atom. The van der Waals surface area contributed by atoms with Gasteiger partial charge in [-0.3, -0.25) is 0 Å². The Labute approximate surface area is 152 Å². The van der Waals surface area contributed by atoms with E-state index in [1.54, 1.807) is 0 Å². The molecule has 2 aromatic heterocycles. The number of thiophene rings is 1. The SMILES string of the molecule is COc1cc(C(=O)OCc2coc(-c3cccs3)n2)cc(Cl)c1OC. The average molecular weight is 380 g/mol. The van der Waals surface area contributed by atoms with Crippen molar-refractivity contribution in [1.29, 1.82) is 0 Å². The van der Waals surface area contributed by atoms with Gasteiger partial charge in [-0.05, 0) is 23.6 Å². The number of carbonyl (C=O) groups is 1. The van der Waals surface area contributed by atoms with E-state index in [1.807, 2.05) is 17.5 Å². The van der Waals surface area contributed by atoms with Crippen LogP contribution in [0.1, 0.15) is 16.1 Å². The second-order valence-corrected chi connectivity index (χ2v) is 6.25. The second kappa shape index (κ2) is 7.58. The molecule has 0 aliphatic heterocycles. The van der Waals surface area contributed by atoms with Gasteiger partial charge in [0, 0.05) is 0 Å². The van der Waals surface area contributed by atoms with Crippen LogP contribution < -0.4 is 9.47 Å². The van der Waals surface area contributed by atoms with Gasteiger partial charge in [-0.25, -0.2) is 9.78 Å². The number of hydrogen-bond acceptors (Lipinski definition) is 7. The predicted molar refractivity (Wildman–Crippen MR) is 93.5 cm³/mol. The van der Waals surface area contributed by atoms with Crippen molar-refractivity contribution in [2.75, 3.05) is 14.2 Å². The molecule has 0 atom stereocenters. The van der Waals surface area contributed by atoms with Gasteiger partial charge in [0.15, 0.2) is 11.5 Å². The minimum Gasteiger partial charge on any atom is -0.493 e. The number of halogens is 1. The summed E-state index contributed by atoms with van der Waals surface area (Å²) >= 11 is 7.61. The lowest BCUT2D eigenvalue weighted by molar-refractivity contribution is 0.0467. The minimum absolute atomic E-state index is 0.0142. The largest absolute Gasteiger partial charge is 0.493 e. The number of esters is 1. The highest BCUT2D eigenvalue weighted by molar-refractivity contribution is 7.13. The molecule has 2 heterocycles. The summed E-state index contributed by atoms with van der Waals surface area (Å²) in [7, 11) is 2.93. The maximum atomic E-state index is 12.2. The lowest BCUT2D eigenvalue weighted by Crippen LogP contribution is -2.06. The smallest absolute Gasteiger partial charge is 0.338 e. The first kappa shape index (κ1) is 17.3. The molecule has 3 aromatic rings. The summed E-state index contributed by atoms with van der Waals surface area (Å²) in [5.74, 6) is 0.653. The van der Waals surface area contributed by atoms with Crippen LogP contribution in [0.5, 0.6) is 11.5 Å². The maximum Gasteiger partial charge on any atom is 0.338 e. The zero-order valence-corrected chi connectivity index (χ0v) is 15.0. The Kier molecular flexibility index (Phi) is 5.25. The second-order valence-electron chi connectivity index (χ2n) is 4.89. The molecule has 0 aliphatic rings. The van der Waals surface area contributed by atoms with Gasteiger partial charge in [0.1, 0.15) is 18.6 Å². The molecule has 0 aliphatic carbocycles. The van der Waals surface area contributed by atoms with Crippen LogP contribution >= 0.6 is 22.9 Å². The molecule has 1 aromatic carbocycles. The fraction of sp³-hybridized carbons (Fsp3) is 0.176. The van der Waals surface area contributed by atoms with Crippen LogP contribution in [-0.4, -0.2) is 25.2 Å². The molecule has 0 fully saturated rings. The van der Waals surface area contributed by atoms with Crippen LogP contribution in [0, 0.1) is 0 Å². The van der Waals surface area contributed by atoms with Crippen LogP contribution in [0.25, 0.3) is 10.8 Å². The normalized spacial score (nSPS) is 10.5. The first-order valence-corrected chi connectivity index (χ1v) is 8.45. The first-order chi connectivity index (χ1) is 12.1. The predicted octanol–water partition coefficient (Wildman–Crippen LogP) is 4.43. The van der Waals surface area contributed by atoms with Crippen molar-refractivity contribution >= 4 is 28.9 Å². The molecule has 0 saturated heterocycles. The number of nitrogens with zero attached hydrogens (tertiary/aromatic N) is 1. The van der Waals surface area contributed by atoms with E-state index in [1.165, 1.54) is 44.0 Å². The molecule has 8 heteroatoms. The highest BCUT2D eigenvalue weighted by atomic mass is 35.5. The molecule has 25 heavy (non-hydrogen) atoms. The lowest BCUT2D eigenvalue weighted by atomic mass is 10.2. The van der Waals surface area contributed by atoms with Crippen LogP contribution in [0.2, 0.25) is 5.02 Å². The van der Waals surface area contributed by atoms with Gasteiger partial charge >= 0.3 is 5.97 Å². The Morgan fingerprint density at radius 1 is 1.32 bits per heavy atom. The number of methoxy groups -OCH3 is 2. The van der Waals surface area contributed by atoms with Gasteiger partial charge in [0.2, 0.25) is 5.89 Å². The molecule has 130 valence electrons. The summed E-state index contributed by atoms with van der Waals surface area (Å²) in [6, 6.07) is 6.78. The quantitative estimate of drug-likeness (QED) is 0.590. The summed E-state index contributed by atoms with van der Waals surface area (Å²) in [4.78, 5) is 17.4. The highest BCUT2D eigenvalue weighted by Gasteiger charge is 2.17. The van der Waals surface area contributed by atoms with Crippen LogP contribution in [0.15, 0.2) is 40.3 Å². The number of hydrogen-bond donors (Lipinski definition) is 0. The summed E-state index contributed by atoms with van der Waals surface area (Å²) in [5.41, 5.74) is 0.771. The molecule has 0 bridgehead atoms. The van der Waals surface area contributed by atoms with E-state index >= 15 is 0 Å². The fourth-order valence-corrected chi connectivity index (χ4v) is 3.09. The molecular formula is C17H14ClNO5S. The molecule has 0 amide bonds. The molecule has 0 radical (unpaired) electrons. The third-order valence-electron chi connectivity index (χ3n) is 3.30. The molecule has 6 nitrogen and oxygen atoms in total. The maximum absolute atomic E-state index is 12.2.